The predicted molar refractivity (Wildman–Crippen MR) is 138 cm³/mol. The Morgan fingerprint density at radius 1 is 0.594 bits per heavy atom. The molecule has 1 nitrogen and oxygen atoms in total. The normalized spacial score (nSPS) is 11.4. The average molecular weight is 438 g/mol. The van der Waals surface area contributed by atoms with Crippen molar-refractivity contribution in [1.82, 2.24) is 0 Å². The van der Waals surface area contributed by atoms with Crippen molar-refractivity contribution >= 4 is 11.8 Å². The van der Waals surface area contributed by atoms with Crippen LogP contribution in [0.1, 0.15) is 35.1 Å². The van der Waals surface area contributed by atoms with E-state index in [9.17, 15) is 0 Å². The van der Waals surface area contributed by atoms with Gasteiger partial charge in [0.1, 0.15) is 0 Å². The second kappa shape index (κ2) is 11.2. The second-order valence-electron chi connectivity index (χ2n) is 8.14. The molecule has 0 aliphatic rings. The molecule has 0 aliphatic heterocycles. The number of hydrogen-bond donors (Lipinski definition) is 1. The molecule has 0 bridgehead atoms. The smallest absolute Gasteiger partial charge is 0.0459 e. The first-order valence-electron chi connectivity index (χ1n) is 11.4. The van der Waals surface area contributed by atoms with E-state index in [1.807, 2.05) is 11.8 Å². The van der Waals surface area contributed by atoms with Gasteiger partial charge in [0.25, 0.3) is 0 Å². The summed E-state index contributed by atoms with van der Waals surface area (Å²) in [6.07, 6.45) is 3.12. The topological polar surface area (TPSA) is 26.0 Å². The summed E-state index contributed by atoms with van der Waals surface area (Å²) in [6.45, 7) is 0.747. The molecular formula is C30H31NS. The largest absolute Gasteiger partial charge is 0.330 e. The van der Waals surface area contributed by atoms with Crippen LogP contribution in [0.5, 0.6) is 0 Å². The van der Waals surface area contributed by atoms with Crippen molar-refractivity contribution in [2.45, 2.75) is 29.6 Å². The van der Waals surface area contributed by atoms with Crippen molar-refractivity contribution in [3.63, 3.8) is 0 Å². The van der Waals surface area contributed by atoms with E-state index in [1.54, 1.807) is 0 Å². The number of aryl methyl sites for hydroxylation is 1. The molecule has 0 fully saturated rings. The van der Waals surface area contributed by atoms with E-state index in [-0.39, 0.29) is 5.41 Å². The number of rotatable bonds is 10. The fourth-order valence-corrected chi connectivity index (χ4v) is 5.45. The molecule has 0 saturated heterocycles. The maximum absolute atomic E-state index is 5.65. The molecule has 0 radical (unpaired) electrons. The zero-order valence-corrected chi connectivity index (χ0v) is 19.3. The highest BCUT2D eigenvalue weighted by atomic mass is 32.2. The highest BCUT2D eigenvalue weighted by molar-refractivity contribution is 7.99. The SMILES string of the molecule is NCCCc1ccc(SCCC(c2ccccc2)(c2ccccc2)c2ccccc2)cc1. The van der Waals surface area contributed by atoms with Gasteiger partial charge in [-0.1, -0.05) is 103 Å². The molecule has 0 amide bonds. The van der Waals surface area contributed by atoms with Crippen LogP contribution >= 0.6 is 11.8 Å². The summed E-state index contributed by atoms with van der Waals surface area (Å²) in [4.78, 5) is 1.32. The van der Waals surface area contributed by atoms with Gasteiger partial charge in [-0.05, 0) is 65.9 Å². The van der Waals surface area contributed by atoms with Crippen LogP contribution in [0.2, 0.25) is 0 Å². The van der Waals surface area contributed by atoms with Crippen LogP contribution < -0.4 is 5.73 Å². The van der Waals surface area contributed by atoms with Gasteiger partial charge in [0.2, 0.25) is 0 Å². The van der Waals surface area contributed by atoms with Crippen molar-refractivity contribution in [1.29, 1.82) is 0 Å². The summed E-state index contributed by atoms with van der Waals surface area (Å²) in [5, 5.41) is 0. The monoisotopic (exact) mass is 437 g/mol. The van der Waals surface area contributed by atoms with Gasteiger partial charge in [-0.25, -0.2) is 0 Å². The van der Waals surface area contributed by atoms with Gasteiger partial charge in [-0.15, -0.1) is 11.8 Å². The molecule has 0 heterocycles. The van der Waals surface area contributed by atoms with E-state index >= 15 is 0 Å². The molecule has 2 N–H and O–H groups in total. The fraction of sp³-hybridized carbons (Fsp3) is 0.200. The first-order valence-corrected chi connectivity index (χ1v) is 12.4. The Morgan fingerprint density at radius 2 is 1.06 bits per heavy atom. The van der Waals surface area contributed by atoms with Crippen molar-refractivity contribution < 1.29 is 0 Å². The molecule has 0 aliphatic carbocycles. The lowest BCUT2D eigenvalue weighted by molar-refractivity contribution is 0.599. The van der Waals surface area contributed by atoms with E-state index in [4.69, 9.17) is 5.73 Å². The minimum Gasteiger partial charge on any atom is -0.330 e. The third kappa shape index (κ3) is 5.15. The van der Waals surface area contributed by atoms with Crippen molar-refractivity contribution in [2.24, 2.45) is 5.73 Å². The standard InChI is InChI=1S/C30H31NS/c31-23-10-11-25-18-20-29(21-19-25)32-24-22-30(26-12-4-1-5-13-26,27-14-6-2-7-15-27)28-16-8-3-9-17-28/h1-9,12-21H,10-11,22-24,31H2. The van der Waals surface area contributed by atoms with Crippen LogP contribution in [0, 0.1) is 0 Å². The van der Waals surface area contributed by atoms with Gasteiger partial charge >= 0.3 is 0 Å². The van der Waals surface area contributed by atoms with Crippen molar-refractivity contribution in [3.05, 3.63) is 138 Å². The first kappa shape index (κ1) is 22.4. The molecule has 4 rings (SSSR count). The number of nitrogens with two attached hydrogens (primary N) is 1. The maximum Gasteiger partial charge on any atom is 0.0459 e. The molecule has 4 aromatic carbocycles. The lowest BCUT2D eigenvalue weighted by Crippen LogP contribution is -2.30. The van der Waals surface area contributed by atoms with Gasteiger partial charge in [0.15, 0.2) is 0 Å². The highest BCUT2D eigenvalue weighted by Gasteiger charge is 2.35. The van der Waals surface area contributed by atoms with Crippen LogP contribution in [-0.4, -0.2) is 12.3 Å². The Balaban J connectivity index is 1.64. The summed E-state index contributed by atoms with van der Waals surface area (Å²) < 4.78 is 0. The quantitative estimate of drug-likeness (QED) is 0.212. The lowest BCUT2D eigenvalue weighted by Gasteiger charge is -2.36. The molecule has 0 unspecified atom stereocenters. The van der Waals surface area contributed by atoms with Gasteiger partial charge in [0.05, 0.1) is 0 Å². The minimum absolute atomic E-state index is 0.183. The summed E-state index contributed by atoms with van der Waals surface area (Å²) in [5.41, 5.74) is 10.9. The second-order valence-corrected chi connectivity index (χ2v) is 9.31. The summed E-state index contributed by atoms with van der Waals surface area (Å²) in [5.74, 6) is 1.03. The number of thioether (sulfide) groups is 1. The first-order chi connectivity index (χ1) is 15.8. The molecule has 0 aromatic heterocycles. The van der Waals surface area contributed by atoms with Crippen LogP contribution in [0.4, 0.5) is 0 Å². The summed E-state index contributed by atoms with van der Waals surface area (Å²) in [6, 6.07) is 41.9. The van der Waals surface area contributed by atoms with Crippen LogP contribution in [0.3, 0.4) is 0 Å². The predicted octanol–water partition coefficient (Wildman–Crippen LogP) is 7.09. The molecule has 4 aromatic rings. The Labute approximate surface area is 196 Å². The lowest BCUT2D eigenvalue weighted by atomic mass is 9.68. The molecule has 0 atom stereocenters. The van der Waals surface area contributed by atoms with Gasteiger partial charge in [-0.3, -0.25) is 0 Å². The molecular weight excluding hydrogens is 406 g/mol. The molecule has 2 heteroatoms. The van der Waals surface area contributed by atoms with E-state index in [1.165, 1.54) is 27.1 Å². The van der Waals surface area contributed by atoms with Gasteiger partial charge in [-0.2, -0.15) is 0 Å². The average Bonchev–Trinajstić information content (AvgIpc) is 2.88. The van der Waals surface area contributed by atoms with E-state index in [0.29, 0.717) is 0 Å². The van der Waals surface area contributed by atoms with Crippen LogP contribution in [0.15, 0.2) is 120 Å². The van der Waals surface area contributed by atoms with Gasteiger partial charge in [0, 0.05) is 10.3 Å². The third-order valence-electron chi connectivity index (χ3n) is 6.14. The molecule has 162 valence electrons. The van der Waals surface area contributed by atoms with Crippen LogP contribution in [0.25, 0.3) is 0 Å². The molecule has 32 heavy (non-hydrogen) atoms. The van der Waals surface area contributed by atoms with Gasteiger partial charge < -0.3 is 5.73 Å². The summed E-state index contributed by atoms with van der Waals surface area (Å²) >= 11 is 1.94. The summed E-state index contributed by atoms with van der Waals surface area (Å²) in [7, 11) is 0. The van der Waals surface area contributed by atoms with Crippen LogP contribution in [-0.2, 0) is 11.8 Å². The number of benzene rings is 4. The Hall–Kier alpha value is -2.81. The van der Waals surface area contributed by atoms with E-state index in [2.05, 4.69) is 115 Å². The fourth-order valence-electron chi connectivity index (χ4n) is 4.48. The van der Waals surface area contributed by atoms with Crippen molar-refractivity contribution in [3.8, 4) is 0 Å². The minimum atomic E-state index is -0.183. The molecule has 0 spiro atoms. The molecule has 0 saturated carbocycles. The van der Waals surface area contributed by atoms with E-state index in [0.717, 1.165) is 31.6 Å². The number of hydrogen-bond acceptors (Lipinski definition) is 2. The zero-order valence-electron chi connectivity index (χ0n) is 18.5. The Kier molecular flexibility index (Phi) is 7.82. The highest BCUT2D eigenvalue weighted by Crippen LogP contribution is 2.43. The Morgan fingerprint density at radius 3 is 1.50 bits per heavy atom. The van der Waals surface area contributed by atoms with Crippen molar-refractivity contribution in [2.75, 3.05) is 12.3 Å². The zero-order chi connectivity index (χ0) is 22.1. The Bertz CT molecular complexity index is 963. The van der Waals surface area contributed by atoms with E-state index < -0.39 is 0 Å². The third-order valence-corrected chi connectivity index (χ3v) is 7.15. The maximum atomic E-state index is 5.65.